The first-order valence-electron chi connectivity index (χ1n) is 7.04. The predicted molar refractivity (Wildman–Crippen MR) is 87.3 cm³/mol. The van der Waals surface area contributed by atoms with Crippen LogP contribution >= 0.6 is 0 Å². The van der Waals surface area contributed by atoms with Crippen LogP contribution in [0.3, 0.4) is 0 Å². The molecule has 0 saturated heterocycles. The van der Waals surface area contributed by atoms with Crippen molar-refractivity contribution in [2.75, 3.05) is 6.26 Å². The molecule has 1 N–H and O–H groups in total. The second kappa shape index (κ2) is 6.91. The molecule has 0 atom stereocenters. The number of carbonyl (C=O) groups excluding carboxylic acids is 1. The third-order valence-electron chi connectivity index (χ3n) is 3.32. The first kappa shape index (κ1) is 17.1. The Bertz CT molecular complexity index is 814. The lowest BCUT2D eigenvalue weighted by Crippen LogP contribution is -2.22. The summed E-state index contributed by atoms with van der Waals surface area (Å²) in [4.78, 5) is 12.1. The van der Waals surface area contributed by atoms with Crippen LogP contribution in [0.2, 0.25) is 0 Å². The van der Waals surface area contributed by atoms with Crippen molar-refractivity contribution in [1.82, 2.24) is 5.32 Å². The number of halogens is 1. The zero-order chi connectivity index (χ0) is 17.0. The summed E-state index contributed by atoms with van der Waals surface area (Å²) in [5.41, 5.74) is 2.42. The summed E-state index contributed by atoms with van der Waals surface area (Å²) in [7, 11) is -3.10. The molecule has 122 valence electrons. The van der Waals surface area contributed by atoms with E-state index in [1.165, 1.54) is 6.07 Å². The molecule has 0 aliphatic carbocycles. The molecule has 0 aliphatic heterocycles. The van der Waals surface area contributed by atoms with E-state index in [9.17, 15) is 17.6 Å². The molecule has 0 aromatic heterocycles. The molecule has 23 heavy (non-hydrogen) atoms. The average molecular weight is 335 g/mol. The van der Waals surface area contributed by atoms with E-state index in [0.717, 1.165) is 11.8 Å². The minimum Gasteiger partial charge on any atom is -0.348 e. The third kappa shape index (κ3) is 5.17. The van der Waals surface area contributed by atoms with Crippen molar-refractivity contribution in [2.24, 2.45) is 0 Å². The lowest BCUT2D eigenvalue weighted by atomic mass is 10.1. The molecule has 0 fully saturated rings. The van der Waals surface area contributed by atoms with E-state index >= 15 is 0 Å². The van der Waals surface area contributed by atoms with E-state index in [-0.39, 0.29) is 17.5 Å². The summed E-state index contributed by atoms with van der Waals surface area (Å²) >= 11 is 0. The minimum absolute atomic E-state index is 0.0518. The number of sulfone groups is 1. The highest BCUT2D eigenvalue weighted by atomic mass is 32.2. The Morgan fingerprint density at radius 1 is 1.09 bits per heavy atom. The van der Waals surface area contributed by atoms with Crippen LogP contribution in [0.4, 0.5) is 4.39 Å². The topological polar surface area (TPSA) is 63.2 Å². The van der Waals surface area contributed by atoms with E-state index in [0.29, 0.717) is 23.2 Å². The number of rotatable bonds is 5. The second-order valence-corrected chi connectivity index (χ2v) is 7.67. The highest BCUT2D eigenvalue weighted by molar-refractivity contribution is 7.89. The van der Waals surface area contributed by atoms with Crippen molar-refractivity contribution in [2.45, 2.75) is 19.2 Å². The number of benzene rings is 2. The minimum atomic E-state index is -3.10. The van der Waals surface area contributed by atoms with Gasteiger partial charge in [0, 0.05) is 18.4 Å². The van der Waals surface area contributed by atoms with Gasteiger partial charge in [0.2, 0.25) is 0 Å². The maximum absolute atomic E-state index is 13.2. The first-order chi connectivity index (χ1) is 10.7. The molecule has 2 aromatic carbocycles. The van der Waals surface area contributed by atoms with Crippen molar-refractivity contribution in [3.05, 3.63) is 70.5 Å². The molecule has 0 radical (unpaired) electrons. The molecule has 2 aromatic rings. The van der Waals surface area contributed by atoms with Crippen molar-refractivity contribution in [3.8, 4) is 0 Å². The zero-order valence-corrected chi connectivity index (χ0v) is 13.8. The molecule has 0 unspecified atom stereocenters. The number of amides is 1. The second-order valence-electron chi connectivity index (χ2n) is 5.53. The Morgan fingerprint density at radius 3 is 2.26 bits per heavy atom. The van der Waals surface area contributed by atoms with Gasteiger partial charge in [-0.15, -0.1) is 0 Å². The van der Waals surface area contributed by atoms with Gasteiger partial charge in [0.15, 0.2) is 9.84 Å². The average Bonchev–Trinajstić information content (AvgIpc) is 2.47. The van der Waals surface area contributed by atoms with Gasteiger partial charge in [0.1, 0.15) is 5.82 Å². The highest BCUT2D eigenvalue weighted by Gasteiger charge is 2.08. The predicted octanol–water partition coefficient (Wildman–Crippen LogP) is 2.61. The van der Waals surface area contributed by atoms with Gasteiger partial charge < -0.3 is 5.32 Å². The van der Waals surface area contributed by atoms with Gasteiger partial charge in [-0.1, -0.05) is 24.3 Å². The molecule has 0 saturated carbocycles. The normalized spacial score (nSPS) is 11.3. The van der Waals surface area contributed by atoms with Crippen molar-refractivity contribution in [1.29, 1.82) is 0 Å². The number of nitrogens with one attached hydrogen (secondary N) is 1. The summed E-state index contributed by atoms with van der Waals surface area (Å²) in [5, 5.41) is 2.75. The molecule has 2 rings (SSSR count). The SMILES string of the molecule is Cc1cc(CNC(=O)c2ccc(CS(C)(=O)=O)cc2)ccc1F. The quantitative estimate of drug-likeness (QED) is 0.913. The van der Waals surface area contributed by atoms with E-state index in [2.05, 4.69) is 5.32 Å². The standard InChI is InChI=1S/C17H18FNO3S/c1-12-9-14(5-8-16(12)18)10-19-17(20)15-6-3-13(4-7-15)11-23(2,21)22/h3-9H,10-11H2,1-2H3,(H,19,20). The van der Waals surface area contributed by atoms with Gasteiger partial charge in [-0.2, -0.15) is 0 Å². The molecule has 0 heterocycles. The van der Waals surface area contributed by atoms with Gasteiger partial charge >= 0.3 is 0 Å². The molecular formula is C17H18FNO3S. The van der Waals surface area contributed by atoms with Crippen molar-refractivity contribution < 1.29 is 17.6 Å². The first-order valence-corrected chi connectivity index (χ1v) is 9.10. The number of carbonyl (C=O) groups is 1. The Balaban J connectivity index is 1.99. The van der Waals surface area contributed by atoms with Crippen LogP contribution in [0.15, 0.2) is 42.5 Å². The summed E-state index contributed by atoms with van der Waals surface area (Å²) in [6, 6.07) is 11.1. The van der Waals surface area contributed by atoms with Crippen LogP contribution in [0.5, 0.6) is 0 Å². The van der Waals surface area contributed by atoms with E-state index in [4.69, 9.17) is 0 Å². The maximum Gasteiger partial charge on any atom is 0.251 e. The Kier molecular flexibility index (Phi) is 5.15. The number of hydrogen-bond donors (Lipinski definition) is 1. The van der Waals surface area contributed by atoms with Gasteiger partial charge in [-0.05, 0) is 41.8 Å². The Labute approximate surface area is 135 Å². The van der Waals surface area contributed by atoms with E-state index in [1.807, 2.05) is 0 Å². The van der Waals surface area contributed by atoms with Crippen LogP contribution in [0.1, 0.15) is 27.0 Å². The van der Waals surface area contributed by atoms with Crippen LogP contribution in [-0.2, 0) is 22.1 Å². The van der Waals surface area contributed by atoms with Crippen LogP contribution in [0.25, 0.3) is 0 Å². The van der Waals surface area contributed by atoms with Crippen molar-refractivity contribution >= 4 is 15.7 Å². The highest BCUT2D eigenvalue weighted by Crippen LogP contribution is 2.10. The van der Waals surface area contributed by atoms with Gasteiger partial charge in [-0.25, -0.2) is 12.8 Å². The summed E-state index contributed by atoms with van der Waals surface area (Å²) in [6.45, 7) is 1.96. The van der Waals surface area contributed by atoms with Crippen LogP contribution < -0.4 is 5.32 Å². The summed E-state index contributed by atoms with van der Waals surface area (Å²) in [6.07, 6.45) is 1.16. The Hall–Kier alpha value is -2.21. The maximum atomic E-state index is 13.2. The smallest absolute Gasteiger partial charge is 0.251 e. The molecule has 0 bridgehead atoms. The van der Waals surface area contributed by atoms with Crippen molar-refractivity contribution in [3.63, 3.8) is 0 Å². The fraction of sp³-hybridized carbons (Fsp3) is 0.235. The summed E-state index contributed by atoms with van der Waals surface area (Å²) in [5.74, 6) is -0.594. The monoisotopic (exact) mass is 335 g/mol. The number of aryl methyl sites for hydroxylation is 1. The third-order valence-corrected chi connectivity index (χ3v) is 4.18. The lowest BCUT2D eigenvalue weighted by Gasteiger charge is -2.07. The zero-order valence-electron chi connectivity index (χ0n) is 13.0. The van der Waals surface area contributed by atoms with Crippen LogP contribution in [0, 0.1) is 12.7 Å². The van der Waals surface area contributed by atoms with E-state index in [1.54, 1.807) is 43.3 Å². The number of hydrogen-bond acceptors (Lipinski definition) is 3. The van der Waals surface area contributed by atoms with Gasteiger partial charge in [-0.3, -0.25) is 4.79 Å². The van der Waals surface area contributed by atoms with Crippen LogP contribution in [-0.4, -0.2) is 20.6 Å². The van der Waals surface area contributed by atoms with Gasteiger partial charge in [0.05, 0.1) is 5.75 Å². The fourth-order valence-electron chi connectivity index (χ4n) is 2.16. The molecule has 0 aliphatic rings. The Morgan fingerprint density at radius 2 is 1.70 bits per heavy atom. The molecule has 1 amide bonds. The fourth-order valence-corrected chi connectivity index (χ4v) is 2.95. The largest absolute Gasteiger partial charge is 0.348 e. The molecule has 0 spiro atoms. The lowest BCUT2D eigenvalue weighted by molar-refractivity contribution is 0.0951. The molecular weight excluding hydrogens is 317 g/mol. The molecule has 4 nitrogen and oxygen atoms in total. The van der Waals surface area contributed by atoms with E-state index < -0.39 is 9.84 Å². The van der Waals surface area contributed by atoms with Gasteiger partial charge in [0.25, 0.3) is 5.91 Å². The summed E-state index contributed by atoms with van der Waals surface area (Å²) < 4.78 is 35.6. The molecule has 6 heteroatoms.